The van der Waals surface area contributed by atoms with E-state index in [1.165, 1.54) is 12.1 Å². The Morgan fingerprint density at radius 3 is 2.52 bits per heavy atom. The van der Waals surface area contributed by atoms with Crippen LogP contribution in [-0.2, 0) is 11.3 Å². The van der Waals surface area contributed by atoms with Gasteiger partial charge < -0.3 is 10.1 Å². The molecule has 0 fully saturated rings. The Hall–Kier alpha value is -2.12. The summed E-state index contributed by atoms with van der Waals surface area (Å²) in [6, 6.07) is 14.0. The Morgan fingerprint density at radius 2 is 1.88 bits per heavy atom. The van der Waals surface area contributed by atoms with Crippen LogP contribution in [0.2, 0.25) is 0 Å². The lowest BCUT2D eigenvalue weighted by atomic mass is 10.2. The molecule has 1 N–H and O–H groups in total. The van der Waals surface area contributed by atoms with Crippen LogP contribution in [-0.4, -0.2) is 37.3 Å². The first-order chi connectivity index (χ1) is 12.0. The molecule has 0 bridgehead atoms. The summed E-state index contributed by atoms with van der Waals surface area (Å²) in [5.74, 6) is 0.00877. The molecule has 2 aromatic rings. The predicted octanol–water partition coefficient (Wildman–Crippen LogP) is 4.08. The van der Waals surface area contributed by atoms with Crippen LogP contribution in [0.1, 0.15) is 5.56 Å². The molecule has 0 heterocycles. The number of hydrogen-bond donors (Lipinski definition) is 1. The van der Waals surface area contributed by atoms with Gasteiger partial charge in [-0.05, 0) is 43.1 Å². The average molecular weight is 366 g/mol. The zero-order chi connectivity index (χ0) is 18.2. The third-order valence-corrected chi connectivity index (χ3v) is 4.19. The zero-order valence-electron chi connectivity index (χ0n) is 14.0. The molecule has 0 aliphatic heterocycles. The zero-order valence-corrected chi connectivity index (χ0v) is 14.9. The summed E-state index contributed by atoms with van der Waals surface area (Å²) in [5.41, 5.74) is 1.70. The van der Waals surface area contributed by atoms with Crippen LogP contribution in [0.15, 0.2) is 53.4 Å². The maximum Gasteiger partial charge on any atom is 0.387 e. The molecular weight excluding hydrogens is 346 g/mol. The van der Waals surface area contributed by atoms with Crippen molar-refractivity contribution in [1.82, 2.24) is 4.90 Å². The van der Waals surface area contributed by atoms with Gasteiger partial charge in [0.05, 0.1) is 12.2 Å². The Balaban J connectivity index is 1.86. The van der Waals surface area contributed by atoms with Crippen molar-refractivity contribution in [2.24, 2.45) is 0 Å². The van der Waals surface area contributed by atoms with Crippen molar-refractivity contribution in [3.8, 4) is 5.75 Å². The molecule has 0 atom stereocenters. The molecule has 7 heteroatoms. The summed E-state index contributed by atoms with van der Waals surface area (Å²) in [4.78, 5) is 15.0. The SMILES string of the molecule is CSc1ccccc1NC(=O)CN(C)Cc1ccc(OC(F)F)cc1. The number of nitrogens with one attached hydrogen (secondary N) is 1. The van der Waals surface area contributed by atoms with E-state index in [9.17, 15) is 13.6 Å². The number of benzene rings is 2. The lowest BCUT2D eigenvalue weighted by Crippen LogP contribution is -2.30. The van der Waals surface area contributed by atoms with Gasteiger partial charge in [-0.3, -0.25) is 9.69 Å². The maximum atomic E-state index is 12.2. The van der Waals surface area contributed by atoms with Crippen molar-refractivity contribution in [2.45, 2.75) is 18.1 Å². The summed E-state index contributed by atoms with van der Waals surface area (Å²) in [5, 5.41) is 2.90. The predicted molar refractivity (Wildman–Crippen MR) is 96.3 cm³/mol. The molecular formula is C18H20F2N2O2S. The van der Waals surface area contributed by atoms with Crippen molar-refractivity contribution in [1.29, 1.82) is 0 Å². The normalized spacial score (nSPS) is 11.0. The minimum absolute atomic E-state index is 0.110. The summed E-state index contributed by atoms with van der Waals surface area (Å²) in [7, 11) is 1.82. The molecule has 0 aliphatic carbocycles. The van der Waals surface area contributed by atoms with Crippen LogP contribution < -0.4 is 10.1 Å². The number of amides is 1. The Bertz CT molecular complexity index is 696. The van der Waals surface area contributed by atoms with E-state index in [4.69, 9.17) is 0 Å². The van der Waals surface area contributed by atoms with E-state index in [0.29, 0.717) is 6.54 Å². The standard InChI is InChI=1S/C18H20F2N2O2S/c1-22(11-13-7-9-14(10-8-13)24-18(19)20)12-17(23)21-15-5-3-4-6-16(15)25-2/h3-10,18H,11-12H2,1-2H3,(H,21,23). The quantitative estimate of drug-likeness (QED) is 0.715. The molecule has 1 amide bonds. The van der Waals surface area contributed by atoms with Crippen molar-refractivity contribution in [3.63, 3.8) is 0 Å². The van der Waals surface area contributed by atoms with E-state index < -0.39 is 6.61 Å². The van der Waals surface area contributed by atoms with Crippen molar-refractivity contribution in [2.75, 3.05) is 25.2 Å². The number of para-hydroxylation sites is 1. The number of anilines is 1. The van der Waals surface area contributed by atoms with Gasteiger partial charge in [0.2, 0.25) is 5.91 Å². The van der Waals surface area contributed by atoms with E-state index in [0.717, 1.165) is 16.1 Å². The van der Waals surface area contributed by atoms with E-state index in [1.807, 2.05) is 42.5 Å². The number of ether oxygens (including phenoxy) is 1. The van der Waals surface area contributed by atoms with Crippen molar-refractivity contribution < 1.29 is 18.3 Å². The minimum Gasteiger partial charge on any atom is -0.435 e. The number of carbonyl (C=O) groups is 1. The number of hydrogen-bond acceptors (Lipinski definition) is 4. The molecule has 134 valence electrons. The number of thioether (sulfide) groups is 1. The second-order valence-corrected chi connectivity index (χ2v) is 6.29. The van der Waals surface area contributed by atoms with Crippen LogP contribution in [0, 0.1) is 0 Å². The molecule has 0 aliphatic rings. The third kappa shape index (κ3) is 6.36. The van der Waals surface area contributed by atoms with Crippen LogP contribution in [0.25, 0.3) is 0 Å². The molecule has 0 radical (unpaired) electrons. The highest BCUT2D eigenvalue weighted by molar-refractivity contribution is 7.98. The van der Waals surface area contributed by atoms with Gasteiger partial charge >= 0.3 is 6.61 Å². The monoisotopic (exact) mass is 366 g/mol. The number of alkyl halides is 2. The average Bonchev–Trinajstić information content (AvgIpc) is 2.56. The van der Waals surface area contributed by atoms with Crippen LogP contribution in [0.5, 0.6) is 5.75 Å². The third-order valence-electron chi connectivity index (χ3n) is 3.40. The number of halogens is 2. The smallest absolute Gasteiger partial charge is 0.387 e. The van der Waals surface area contributed by atoms with Gasteiger partial charge in [-0.1, -0.05) is 24.3 Å². The molecule has 2 rings (SSSR count). The Morgan fingerprint density at radius 1 is 1.20 bits per heavy atom. The molecule has 2 aromatic carbocycles. The topological polar surface area (TPSA) is 41.6 Å². The fourth-order valence-electron chi connectivity index (χ4n) is 2.33. The lowest BCUT2D eigenvalue weighted by molar-refractivity contribution is -0.117. The van der Waals surface area contributed by atoms with Gasteiger partial charge in [0, 0.05) is 11.4 Å². The summed E-state index contributed by atoms with van der Waals surface area (Å²) < 4.78 is 28.6. The number of likely N-dealkylation sites (N-methyl/N-ethyl adjacent to an activating group) is 1. The number of carbonyl (C=O) groups excluding carboxylic acids is 1. The summed E-state index contributed by atoms with van der Waals surface area (Å²) >= 11 is 1.57. The first-order valence-electron chi connectivity index (χ1n) is 7.63. The number of nitrogens with zero attached hydrogens (tertiary/aromatic N) is 1. The van der Waals surface area contributed by atoms with Gasteiger partial charge in [0.15, 0.2) is 0 Å². The molecule has 0 saturated heterocycles. The van der Waals surface area contributed by atoms with Gasteiger partial charge in [-0.15, -0.1) is 11.8 Å². The second kappa shape index (κ2) is 9.39. The molecule has 0 unspecified atom stereocenters. The summed E-state index contributed by atoms with van der Waals surface area (Å²) in [6.07, 6.45) is 1.96. The molecule has 25 heavy (non-hydrogen) atoms. The first kappa shape index (κ1) is 19.2. The molecule has 0 saturated carbocycles. The fraction of sp³-hybridized carbons (Fsp3) is 0.278. The van der Waals surface area contributed by atoms with Crippen molar-refractivity contribution in [3.05, 3.63) is 54.1 Å². The highest BCUT2D eigenvalue weighted by Crippen LogP contribution is 2.24. The minimum atomic E-state index is -2.83. The lowest BCUT2D eigenvalue weighted by Gasteiger charge is -2.17. The Labute approximate surface area is 150 Å². The maximum absolute atomic E-state index is 12.2. The van der Waals surface area contributed by atoms with E-state index in [-0.39, 0.29) is 18.2 Å². The molecule has 0 aromatic heterocycles. The van der Waals surface area contributed by atoms with E-state index in [1.54, 1.807) is 23.9 Å². The van der Waals surface area contributed by atoms with Crippen LogP contribution >= 0.6 is 11.8 Å². The highest BCUT2D eigenvalue weighted by Gasteiger charge is 2.10. The van der Waals surface area contributed by atoms with Gasteiger partial charge in [0.1, 0.15) is 5.75 Å². The molecule has 4 nitrogen and oxygen atoms in total. The van der Waals surface area contributed by atoms with Crippen LogP contribution in [0.3, 0.4) is 0 Å². The van der Waals surface area contributed by atoms with Gasteiger partial charge in [-0.2, -0.15) is 8.78 Å². The first-order valence-corrected chi connectivity index (χ1v) is 8.85. The van der Waals surface area contributed by atoms with E-state index in [2.05, 4.69) is 10.1 Å². The van der Waals surface area contributed by atoms with Gasteiger partial charge in [0.25, 0.3) is 0 Å². The Kier molecular flexibility index (Phi) is 7.21. The number of rotatable bonds is 8. The highest BCUT2D eigenvalue weighted by atomic mass is 32.2. The summed E-state index contributed by atoms with van der Waals surface area (Å²) in [6.45, 7) is -2.09. The van der Waals surface area contributed by atoms with Crippen LogP contribution in [0.4, 0.5) is 14.5 Å². The fourth-order valence-corrected chi connectivity index (χ4v) is 2.88. The van der Waals surface area contributed by atoms with Gasteiger partial charge in [-0.25, -0.2) is 0 Å². The second-order valence-electron chi connectivity index (χ2n) is 5.44. The molecule has 0 spiro atoms. The van der Waals surface area contributed by atoms with Crippen molar-refractivity contribution >= 4 is 23.4 Å². The largest absolute Gasteiger partial charge is 0.435 e. The van der Waals surface area contributed by atoms with E-state index >= 15 is 0 Å².